The zero-order chi connectivity index (χ0) is 30.6. The van der Waals surface area contributed by atoms with E-state index >= 15 is 0 Å². The number of benzene rings is 3. The first-order valence-corrected chi connectivity index (χ1v) is 15.0. The minimum Gasteiger partial charge on any atom is -0.464 e. The van der Waals surface area contributed by atoms with Crippen molar-refractivity contribution in [1.29, 1.82) is 0 Å². The Morgan fingerprint density at radius 1 is 1.05 bits per heavy atom. The summed E-state index contributed by atoms with van der Waals surface area (Å²) in [5.41, 5.74) is 4.63. The van der Waals surface area contributed by atoms with Gasteiger partial charge in [0.2, 0.25) is 5.91 Å². The van der Waals surface area contributed by atoms with E-state index < -0.39 is 17.5 Å². The van der Waals surface area contributed by atoms with Crippen LogP contribution >= 0.6 is 11.6 Å². The van der Waals surface area contributed by atoms with Crippen LogP contribution in [0.5, 0.6) is 0 Å². The Labute approximate surface area is 256 Å². The maximum absolute atomic E-state index is 14.3. The second-order valence-corrected chi connectivity index (χ2v) is 12.3. The van der Waals surface area contributed by atoms with Crippen molar-refractivity contribution in [2.75, 3.05) is 13.1 Å². The Morgan fingerprint density at radius 3 is 2.67 bits per heavy atom. The molecule has 2 amide bonds. The van der Waals surface area contributed by atoms with Crippen LogP contribution in [0.2, 0.25) is 5.02 Å². The molecule has 1 aromatic heterocycles. The number of nitrogens with zero attached hydrogens (tertiary/aromatic N) is 1. The standard InChI is InChI=1S/C34H37ClFN3O4/c1-34(2,3)43-33(41)38-20-23-7-4-8-24(18-23)27-19-22(17-25-13-16-42-31(25)27)12-15-39-14-6-11-29(39)32(40)37-21-26-9-5-10-28(35)30(26)36/h4-5,7-10,13,16-19,29H,6,11-12,14-15,20-21H2,1-3H3,(H,37,40)(H,38,41)/t29-/m0/s1. The average molecular weight is 606 g/mol. The van der Waals surface area contributed by atoms with Crippen molar-refractivity contribution in [3.63, 3.8) is 0 Å². The third kappa shape index (κ3) is 7.75. The Balaban J connectivity index is 1.25. The molecule has 226 valence electrons. The van der Waals surface area contributed by atoms with Gasteiger partial charge in [0, 0.05) is 36.1 Å². The Bertz CT molecular complexity index is 1610. The van der Waals surface area contributed by atoms with Gasteiger partial charge in [-0.05, 0) is 93.6 Å². The fraction of sp³-hybridized carbons (Fsp3) is 0.353. The quantitative estimate of drug-likeness (QED) is 0.210. The topological polar surface area (TPSA) is 83.8 Å². The van der Waals surface area contributed by atoms with E-state index in [9.17, 15) is 14.0 Å². The summed E-state index contributed by atoms with van der Waals surface area (Å²) < 4.78 is 25.5. The lowest BCUT2D eigenvalue weighted by Crippen LogP contribution is -2.43. The molecule has 9 heteroatoms. The molecule has 0 bridgehead atoms. The van der Waals surface area contributed by atoms with E-state index in [-0.39, 0.29) is 23.5 Å². The number of hydrogen-bond donors (Lipinski definition) is 2. The number of fused-ring (bicyclic) bond motifs is 1. The summed E-state index contributed by atoms with van der Waals surface area (Å²) in [7, 11) is 0. The molecule has 0 radical (unpaired) electrons. The number of nitrogens with one attached hydrogen (secondary N) is 2. The molecule has 4 aromatic rings. The van der Waals surface area contributed by atoms with Crippen molar-refractivity contribution in [2.45, 2.75) is 64.8 Å². The average Bonchev–Trinajstić information content (AvgIpc) is 3.64. The Morgan fingerprint density at radius 2 is 1.86 bits per heavy atom. The van der Waals surface area contributed by atoms with Gasteiger partial charge in [0.05, 0.1) is 17.3 Å². The van der Waals surface area contributed by atoms with E-state index in [2.05, 4.69) is 27.7 Å². The summed E-state index contributed by atoms with van der Waals surface area (Å²) in [6.45, 7) is 7.48. The van der Waals surface area contributed by atoms with Gasteiger partial charge in [0.25, 0.3) is 0 Å². The van der Waals surface area contributed by atoms with E-state index in [4.69, 9.17) is 20.8 Å². The number of hydrogen-bond acceptors (Lipinski definition) is 5. The van der Waals surface area contributed by atoms with Gasteiger partial charge in [0.1, 0.15) is 17.0 Å². The first-order valence-electron chi connectivity index (χ1n) is 14.6. The predicted molar refractivity (Wildman–Crippen MR) is 166 cm³/mol. The zero-order valence-electron chi connectivity index (χ0n) is 24.7. The van der Waals surface area contributed by atoms with Gasteiger partial charge < -0.3 is 19.8 Å². The van der Waals surface area contributed by atoms with Crippen molar-refractivity contribution in [3.8, 4) is 11.1 Å². The maximum Gasteiger partial charge on any atom is 0.407 e. The summed E-state index contributed by atoms with van der Waals surface area (Å²) in [5.74, 6) is -0.595. The molecule has 2 heterocycles. The first-order chi connectivity index (χ1) is 20.6. The molecule has 5 rings (SSSR count). The number of alkyl carbamates (subject to hydrolysis) is 1. The molecule has 1 aliphatic heterocycles. The number of ether oxygens (including phenoxy) is 1. The molecule has 0 aliphatic carbocycles. The van der Waals surface area contributed by atoms with Crippen LogP contribution < -0.4 is 10.6 Å². The van der Waals surface area contributed by atoms with E-state index in [1.54, 1.807) is 18.4 Å². The number of rotatable bonds is 9. The number of likely N-dealkylation sites (tertiary alicyclic amines) is 1. The van der Waals surface area contributed by atoms with Crippen LogP contribution in [-0.2, 0) is 29.0 Å². The summed E-state index contributed by atoms with van der Waals surface area (Å²) in [4.78, 5) is 27.4. The van der Waals surface area contributed by atoms with Crippen LogP contribution in [0.3, 0.4) is 0 Å². The van der Waals surface area contributed by atoms with Gasteiger partial charge in [-0.15, -0.1) is 0 Å². The molecule has 43 heavy (non-hydrogen) atoms. The normalized spacial score (nSPS) is 15.5. The second kappa shape index (κ2) is 13.2. The Hall–Kier alpha value is -3.88. The molecule has 7 nitrogen and oxygen atoms in total. The SMILES string of the molecule is CC(C)(C)OC(=O)NCc1cccc(-c2cc(CCN3CCC[C@H]3C(=O)NCc3cccc(Cl)c3F)cc3ccoc23)c1. The lowest BCUT2D eigenvalue weighted by atomic mass is 9.97. The van der Waals surface area contributed by atoms with E-state index in [1.807, 2.05) is 51.1 Å². The minimum absolute atomic E-state index is 0.0485. The van der Waals surface area contributed by atoms with Gasteiger partial charge >= 0.3 is 6.09 Å². The largest absolute Gasteiger partial charge is 0.464 e. The highest BCUT2D eigenvalue weighted by Gasteiger charge is 2.30. The fourth-order valence-corrected chi connectivity index (χ4v) is 5.68. The second-order valence-electron chi connectivity index (χ2n) is 11.9. The Kier molecular flexibility index (Phi) is 9.37. The van der Waals surface area contributed by atoms with Crippen molar-refractivity contribution in [1.82, 2.24) is 15.5 Å². The molecular weight excluding hydrogens is 569 g/mol. The molecular formula is C34H37ClFN3O4. The fourth-order valence-electron chi connectivity index (χ4n) is 5.49. The third-order valence-electron chi connectivity index (χ3n) is 7.52. The molecule has 2 N–H and O–H groups in total. The van der Waals surface area contributed by atoms with Crippen LogP contribution in [0.25, 0.3) is 22.1 Å². The van der Waals surface area contributed by atoms with Crippen LogP contribution in [0, 0.1) is 5.82 Å². The molecule has 0 unspecified atom stereocenters. The van der Waals surface area contributed by atoms with E-state index in [0.717, 1.165) is 59.0 Å². The summed E-state index contributed by atoms with van der Waals surface area (Å²) >= 11 is 5.89. The van der Waals surface area contributed by atoms with Crippen LogP contribution in [-0.4, -0.2) is 41.6 Å². The highest BCUT2D eigenvalue weighted by Crippen LogP contribution is 2.32. The predicted octanol–water partition coefficient (Wildman–Crippen LogP) is 7.24. The molecule has 1 saturated heterocycles. The minimum atomic E-state index is -0.563. The summed E-state index contributed by atoms with van der Waals surface area (Å²) in [5, 5.41) is 6.77. The molecule has 0 spiro atoms. The van der Waals surface area contributed by atoms with Crippen molar-refractivity contribution < 1.29 is 23.1 Å². The van der Waals surface area contributed by atoms with Crippen molar-refractivity contribution in [2.24, 2.45) is 0 Å². The first kappa shape index (κ1) is 30.6. The maximum atomic E-state index is 14.3. The van der Waals surface area contributed by atoms with Gasteiger partial charge in [-0.25, -0.2) is 9.18 Å². The van der Waals surface area contributed by atoms with Crippen LogP contribution in [0.4, 0.5) is 9.18 Å². The number of halogens is 2. The molecule has 1 atom stereocenters. The van der Waals surface area contributed by atoms with Crippen LogP contribution in [0.15, 0.2) is 71.3 Å². The summed E-state index contributed by atoms with van der Waals surface area (Å²) in [6.07, 6.45) is 3.68. The highest BCUT2D eigenvalue weighted by molar-refractivity contribution is 6.30. The molecule has 0 saturated carbocycles. The van der Waals surface area contributed by atoms with Gasteiger partial charge in [-0.2, -0.15) is 0 Å². The summed E-state index contributed by atoms with van der Waals surface area (Å²) in [6, 6.07) is 18.8. The van der Waals surface area contributed by atoms with Gasteiger partial charge in [-0.3, -0.25) is 9.69 Å². The highest BCUT2D eigenvalue weighted by atomic mass is 35.5. The molecule has 1 fully saturated rings. The molecule has 3 aromatic carbocycles. The smallest absolute Gasteiger partial charge is 0.407 e. The molecule has 1 aliphatic rings. The number of carbonyl (C=O) groups is 2. The lowest BCUT2D eigenvalue weighted by molar-refractivity contribution is -0.125. The van der Waals surface area contributed by atoms with Crippen LogP contribution in [0.1, 0.15) is 50.3 Å². The van der Waals surface area contributed by atoms with E-state index in [1.165, 1.54) is 6.07 Å². The zero-order valence-corrected chi connectivity index (χ0v) is 25.5. The van der Waals surface area contributed by atoms with Crippen molar-refractivity contribution >= 4 is 34.6 Å². The number of carbonyl (C=O) groups excluding carboxylic acids is 2. The van der Waals surface area contributed by atoms with E-state index in [0.29, 0.717) is 18.7 Å². The van der Waals surface area contributed by atoms with Gasteiger partial charge in [-0.1, -0.05) is 41.9 Å². The number of amides is 2. The van der Waals surface area contributed by atoms with Gasteiger partial charge in [0.15, 0.2) is 0 Å². The monoisotopic (exact) mass is 605 g/mol. The number of furan rings is 1. The lowest BCUT2D eigenvalue weighted by Gasteiger charge is -2.24. The van der Waals surface area contributed by atoms with Crippen molar-refractivity contribution in [3.05, 3.63) is 94.5 Å². The third-order valence-corrected chi connectivity index (χ3v) is 7.82.